The summed E-state index contributed by atoms with van der Waals surface area (Å²) in [5.74, 6) is -2.31. The summed E-state index contributed by atoms with van der Waals surface area (Å²) < 4.78 is 44.5. The van der Waals surface area contributed by atoms with Crippen molar-refractivity contribution in [2.45, 2.75) is 31.0 Å². The number of carboxylic acids is 1. The number of hydrogen-bond donors (Lipinski definition) is 1. The van der Waals surface area contributed by atoms with Gasteiger partial charge < -0.3 is 9.84 Å². The van der Waals surface area contributed by atoms with E-state index >= 15 is 0 Å². The Balaban J connectivity index is 2.32. The van der Waals surface area contributed by atoms with E-state index in [0.717, 1.165) is 6.07 Å². The van der Waals surface area contributed by atoms with Crippen molar-refractivity contribution in [1.29, 1.82) is 0 Å². The van der Waals surface area contributed by atoms with Gasteiger partial charge in [0, 0.05) is 17.7 Å². The number of aliphatic carboxylic acids is 1. The van der Waals surface area contributed by atoms with Crippen molar-refractivity contribution in [3.8, 4) is 0 Å². The highest BCUT2D eigenvalue weighted by atomic mass is 19.4. The molecule has 0 bridgehead atoms. The van der Waals surface area contributed by atoms with Crippen LogP contribution >= 0.6 is 0 Å². The molecular formula is C15H13F3O4. The third-order valence-electron chi connectivity index (χ3n) is 3.54. The van der Waals surface area contributed by atoms with Gasteiger partial charge in [0.2, 0.25) is 0 Å². The average Bonchev–Trinajstić information content (AvgIpc) is 2.39. The van der Waals surface area contributed by atoms with E-state index in [9.17, 15) is 22.8 Å². The van der Waals surface area contributed by atoms with Crippen molar-refractivity contribution in [2.24, 2.45) is 0 Å². The lowest BCUT2D eigenvalue weighted by Gasteiger charge is -2.42. The fraction of sp³-hybridized carbons (Fsp3) is 0.333. The second kappa shape index (κ2) is 5.82. The molecule has 7 heteroatoms. The summed E-state index contributed by atoms with van der Waals surface area (Å²) in [5, 5.41) is 8.46. The van der Waals surface area contributed by atoms with Gasteiger partial charge in [0.15, 0.2) is 0 Å². The predicted molar refractivity (Wildman–Crippen MR) is 69.8 cm³/mol. The fourth-order valence-corrected chi connectivity index (χ4v) is 2.42. The maximum Gasteiger partial charge on any atom is 0.416 e. The molecule has 0 unspecified atom stereocenters. The summed E-state index contributed by atoms with van der Waals surface area (Å²) >= 11 is 0. The molecule has 1 aromatic rings. The molecule has 22 heavy (non-hydrogen) atoms. The van der Waals surface area contributed by atoms with E-state index in [1.807, 2.05) is 0 Å². The van der Waals surface area contributed by atoms with Gasteiger partial charge in [0.1, 0.15) is 5.60 Å². The van der Waals surface area contributed by atoms with E-state index in [1.54, 1.807) is 0 Å². The number of benzene rings is 1. The highest BCUT2D eigenvalue weighted by Gasteiger charge is 2.47. The van der Waals surface area contributed by atoms with Crippen molar-refractivity contribution in [3.63, 3.8) is 0 Å². The zero-order chi connectivity index (χ0) is 16.4. The minimum atomic E-state index is -4.55. The third kappa shape index (κ3) is 3.29. The first-order chi connectivity index (χ1) is 10.2. The zero-order valence-electron chi connectivity index (χ0n) is 11.4. The number of carbonyl (C=O) groups excluding carboxylic acids is 1. The number of carbonyl (C=O) groups is 2. The lowest BCUT2D eigenvalue weighted by Crippen LogP contribution is -2.40. The summed E-state index contributed by atoms with van der Waals surface area (Å²) in [6, 6.07) is 4.95. The van der Waals surface area contributed by atoms with Gasteiger partial charge in [-0.15, -0.1) is 0 Å². The number of alkyl halides is 3. The Morgan fingerprint density at radius 1 is 1.18 bits per heavy atom. The molecule has 4 nitrogen and oxygen atoms in total. The van der Waals surface area contributed by atoms with Crippen LogP contribution in [0.1, 0.15) is 30.4 Å². The first kappa shape index (κ1) is 16.1. The quantitative estimate of drug-likeness (QED) is 0.684. The van der Waals surface area contributed by atoms with Crippen LogP contribution < -0.4 is 0 Å². The normalized spacial score (nSPS) is 17.0. The first-order valence-electron chi connectivity index (χ1n) is 6.55. The number of ether oxygens (including phenoxy) is 1. The Morgan fingerprint density at radius 2 is 1.82 bits per heavy atom. The molecule has 2 rings (SSSR count). The van der Waals surface area contributed by atoms with Crippen LogP contribution in [0.15, 0.2) is 36.4 Å². The smallest absolute Gasteiger partial charge is 0.416 e. The molecule has 0 spiro atoms. The van der Waals surface area contributed by atoms with Gasteiger partial charge in [0.05, 0.1) is 5.56 Å². The highest BCUT2D eigenvalue weighted by molar-refractivity contribution is 5.91. The van der Waals surface area contributed by atoms with Crippen LogP contribution in [0.5, 0.6) is 0 Å². The van der Waals surface area contributed by atoms with Crippen LogP contribution in [0.4, 0.5) is 13.2 Å². The van der Waals surface area contributed by atoms with Crippen LogP contribution in [0.2, 0.25) is 0 Å². The maximum absolute atomic E-state index is 13.1. The molecule has 0 radical (unpaired) electrons. The summed E-state index contributed by atoms with van der Waals surface area (Å²) in [4.78, 5) is 22.0. The van der Waals surface area contributed by atoms with Gasteiger partial charge in [0.25, 0.3) is 0 Å². The van der Waals surface area contributed by atoms with E-state index in [0.29, 0.717) is 18.6 Å². The van der Waals surface area contributed by atoms with Crippen molar-refractivity contribution < 1.29 is 32.6 Å². The number of esters is 1. The van der Waals surface area contributed by atoms with Crippen molar-refractivity contribution in [1.82, 2.24) is 0 Å². The van der Waals surface area contributed by atoms with E-state index in [1.165, 1.54) is 18.2 Å². The fourth-order valence-electron chi connectivity index (χ4n) is 2.42. The zero-order valence-corrected chi connectivity index (χ0v) is 11.4. The van der Waals surface area contributed by atoms with Crippen LogP contribution in [-0.2, 0) is 26.1 Å². The highest BCUT2D eigenvalue weighted by Crippen LogP contribution is 2.49. The largest absolute Gasteiger partial charge is 0.478 e. The van der Waals surface area contributed by atoms with Crippen molar-refractivity contribution in [3.05, 3.63) is 47.5 Å². The lowest BCUT2D eigenvalue weighted by atomic mass is 9.73. The van der Waals surface area contributed by atoms with Crippen LogP contribution in [0.25, 0.3) is 0 Å². The van der Waals surface area contributed by atoms with Crippen molar-refractivity contribution in [2.75, 3.05) is 0 Å². The van der Waals surface area contributed by atoms with Gasteiger partial charge in [-0.25, -0.2) is 9.59 Å². The Labute approximate surface area is 124 Å². The predicted octanol–water partition coefficient (Wildman–Crippen LogP) is 3.27. The molecule has 1 aromatic carbocycles. The SMILES string of the molecule is O=C(O)/C=C/C(=O)OC1(c2ccccc2C(F)(F)F)CCC1. The Bertz CT molecular complexity index is 615. The molecule has 1 saturated carbocycles. The van der Waals surface area contributed by atoms with Crippen LogP contribution in [0, 0.1) is 0 Å². The van der Waals surface area contributed by atoms with Crippen LogP contribution in [-0.4, -0.2) is 17.0 Å². The minimum Gasteiger partial charge on any atom is -0.478 e. The Kier molecular flexibility index (Phi) is 4.25. The summed E-state index contributed by atoms with van der Waals surface area (Å²) in [6.07, 6.45) is -2.10. The maximum atomic E-state index is 13.1. The first-order valence-corrected chi connectivity index (χ1v) is 6.55. The number of carboxylic acid groups (broad SMARTS) is 1. The minimum absolute atomic E-state index is 0.0918. The molecule has 0 aliphatic heterocycles. The average molecular weight is 314 g/mol. The second-order valence-electron chi connectivity index (χ2n) is 4.98. The number of rotatable bonds is 4. The molecule has 118 valence electrons. The topological polar surface area (TPSA) is 63.6 Å². The van der Waals surface area contributed by atoms with E-state index in [4.69, 9.17) is 9.84 Å². The van der Waals surface area contributed by atoms with Gasteiger partial charge in [-0.2, -0.15) is 13.2 Å². The van der Waals surface area contributed by atoms with E-state index in [-0.39, 0.29) is 18.4 Å². The monoisotopic (exact) mass is 314 g/mol. The molecule has 0 aromatic heterocycles. The standard InChI is InChI=1S/C15H13F3O4/c16-15(17,18)11-5-2-1-4-10(11)14(8-3-9-14)22-13(21)7-6-12(19)20/h1-2,4-7H,3,8-9H2,(H,19,20)/b7-6+. The molecule has 0 heterocycles. The van der Waals surface area contributed by atoms with Gasteiger partial charge in [-0.3, -0.25) is 0 Å². The third-order valence-corrected chi connectivity index (χ3v) is 3.54. The summed E-state index contributed by atoms with van der Waals surface area (Å²) in [5.41, 5.74) is -2.28. The summed E-state index contributed by atoms with van der Waals surface area (Å²) in [7, 11) is 0. The molecule has 0 amide bonds. The molecule has 0 atom stereocenters. The Morgan fingerprint density at radius 3 is 2.32 bits per heavy atom. The van der Waals surface area contributed by atoms with E-state index < -0.39 is 29.3 Å². The molecular weight excluding hydrogens is 301 g/mol. The van der Waals surface area contributed by atoms with Crippen LogP contribution in [0.3, 0.4) is 0 Å². The van der Waals surface area contributed by atoms with E-state index in [2.05, 4.69) is 0 Å². The second-order valence-corrected chi connectivity index (χ2v) is 4.98. The molecule has 1 aliphatic rings. The molecule has 1 N–H and O–H groups in total. The van der Waals surface area contributed by atoms with Crippen molar-refractivity contribution >= 4 is 11.9 Å². The summed E-state index contributed by atoms with van der Waals surface area (Å²) in [6.45, 7) is 0. The molecule has 1 fully saturated rings. The van der Waals surface area contributed by atoms with Gasteiger partial charge in [-0.05, 0) is 25.3 Å². The lowest BCUT2D eigenvalue weighted by molar-refractivity contribution is -0.169. The molecule has 1 aliphatic carbocycles. The number of hydrogen-bond acceptors (Lipinski definition) is 3. The van der Waals surface area contributed by atoms with Gasteiger partial charge in [-0.1, -0.05) is 18.2 Å². The Hall–Kier alpha value is -2.31. The molecule has 0 saturated heterocycles. The number of halogens is 3. The van der Waals surface area contributed by atoms with Gasteiger partial charge >= 0.3 is 18.1 Å².